The first-order valence-electron chi connectivity index (χ1n) is 24.5. The van der Waals surface area contributed by atoms with Gasteiger partial charge in [-0.2, -0.15) is 23.7 Å². The fourth-order valence-electron chi connectivity index (χ4n) is 9.74. The number of pyridine rings is 2. The number of carboxylic acids is 1. The molecule has 0 radical (unpaired) electrons. The molecule has 12 rings (SSSR count). The van der Waals surface area contributed by atoms with Gasteiger partial charge in [0, 0.05) is 95.0 Å². The van der Waals surface area contributed by atoms with E-state index in [2.05, 4.69) is 110 Å². The van der Waals surface area contributed by atoms with Gasteiger partial charge in [-0.3, -0.25) is 38.1 Å². The number of nitrogens with zero attached hydrogens (tertiary/aromatic N) is 11. The molecule has 2 aliphatic carbocycles. The van der Waals surface area contributed by atoms with Gasteiger partial charge >= 0.3 is 5.97 Å². The summed E-state index contributed by atoms with van der Waals surface area (Å²) in [5.41, 5.74) is 15.9. The zero-order valence-corrected chi connectivity index (χ0v) is 49.5. The van der Waals surface area contributed by atoms with E-state index >= 15 is 0 Å². The summed E-state index contributed by atoms with van der Waals surface area (Å²) in [5, 5.41) is 27.7. The summed E-state index contributed by atoms with van der Waals surface area (Å²) in [6, 6.07) is 21.5. The number of amides is 3. The van der Waals surface area contributed by atoms with E-state index in [1.54, 1.807) is 72.2 Å². The lowest BCUT2D eigenvalue weighted by Gasteiger charge is -2.26. The standard InChI is InChI=1S/C26H23BrN8O3.C15H13N5O3.C11H12BrN3O.ClH.S2.H2S/c1-13(36)24-17-7-14(16-10-29-26(28)30-11-16)5-6-18(17)34(33-24)12-23(37)35-19-8-15(19)9-20(35)25(38)32-22-4-2-3-21(27)31-22;1-8(21)14-11-4-9(10-5-17-15(16)18-6-10)2-3-12(11)20(19-14)7-13(22)23;12-9-2-1-3-10(14-9)15-11(16)8-5-6-4-7(6)13-8;;1-2;/h2-7,10-11,15,19-20H,8-9,12H2,1H3,(H2,28,29,30)(H,31,32,38);2-6H,7H2,1H3,(H,22,23)(H2,16,17,18);1-3,6-8,13H,4-5H2,(H,14,15,16);1H;;1H2/t15-,19-,20+;;6-,7-,8+;;;/m1.1.../s1. The number of nitrogens with two attached hydrogens (primary N) is 2. The van der Waals surface area contributed by atoms with Crippen LogP contribution in [0.15, 0.2) is 107 Å². The molecular weight excluding hydrogens is 1250 g/mol. The Morgan fingerprint density at radius 3 is 1.58 bits per heavy atom. The summed E-state index contributed by atoms with van der Waals surface area (Å²) in [7, 11) is 0. The van der Waals surface area contributed by atoms with Crippen LogP contribution in [-0.2, 0) is 54.6 Å². The number of hydrogen-bond acceptors (Lipinski definition) is 19. The lowest BCUT2D eigenvalue weighted by atomic mass is 10.0. The van der Waals surface area contributed by atoms with Crippen molar-refractivity contribution >= 4 is 161 Å². The number of nitrogens with one attached hydrogen (secondary N) is 3. The van der Waals surface area contributed by atoms with E-state index in [1.807, 2.05) is 30.3 Å². The molecule has 2 aromatic carbocycles. The number of nitrogen functional groups attached to an aromatic ring is 2. The maximum absolute atomic E-state index is 13.6. The van der Waals surface area contributed by atoms with Crippen LogP contribution in [0.2, 0.25) is 0 Å². The fraction of sp³-hybridized carbons (Fsp3) is 0.269. The number of fused-ring (bicyclic) bond motifs is 4. The van der Waals surface area contributed by atoms with Crippen LogP contribution >= 0.6 is 57.8 Å². The second-order valence-corrected chi connectivity index (χ2v) is 20.6. The van der Waals surface area contributed by atoms with Gasteiger partial charge in [0.1, 0.15) is 51.4 Å². The van der Waals surface area contributed by atoms with Gasteiger partial charge in [-0.15, -0.1) is 12.4 Å². The molecule has 8 heterocycles. The third kappa shape index (κ3) is 14.4. The lowest BCUT2D eigenvalue weighted by molar-refractivity contribution is -0.138. The number of ketones is 2. The van der Waals surface area contributed by atoms with Gasteiger partial charge < -0.3 is 37.4 Å². The smallest absolute Gasteiger partial charge is 0.325 e. The van der Waals surface area contributed by atoms with Gasteiger partial charge in [-0.05, 0) is 129 Å². The molecule has 2 saturated heterocycles. The molecule has 0 bridgehead atoms. The van der Waals surface area contributed by atoms with Gasteiger partial charge in [-0.25, -0.2) is 29.9 Å². The van der Waals surface area contributed by atoms with E-state index in [-0.39, 0.29) is 104 Å². The van der Waals surface area contributed by atoms with E-state index in [1.165, 1.54) is 29.6 Å². The quantitative estimate of drug-likeness (QED) is 0.0562. The maximum Gasteiger partial charge on any atom is 0.325 e. The predicted molar refractivity (Wildman–Crippen MR) is 322 cm³/mol. The summed E-state index contributed by atoms with van der Waals surface area (Å²) < 4.78 is 4.18. The van der Waals surface area contributed by atoms with Crippen molar-refractivity contribution < 1.29 is 33.9 Å². The predicted octanol–water partition coefficient (Wildman–Crippen LogP) is 6.49. The Balaban J connectivity index is 0.000000187. The molecule has 29 heteroatoms. The Labute approximate surface area is 502 Å². The van der Waals surface area contributed by atoms with Crippen molar-refractivity contribution in [3.8, 4) is 22.3 Å². The van der Waals surface area contributed by atoms with E-state index < -0.39 is 12.0 Å². The molecule has 8 N–H and O–H groups in total. The highest BCUT2D eigenvalue weighted by Gasteiger charge is 2.56. The lowest BCUT2D eigenvalue weighted by Crippen LogP contribution is -2.46. The zero-order chi connectivity index (χ0) is 56.2. The monoisotopic (exact) mass is 1300 g/mol. The van der Waals surface area contributed by atoms with Crippen LogP contribution in [0.4, 0.5) is 23.5 Å². The topological polar surface area (TPSA) is 327 Å². The molecule has 8 aromatic rings. The minimum atomic E-state index is -1.03. The molecule has 4 fully saturated rings. The van der Waals surface area contributed by atoms with Crippen LogP contribution in [0, 0.1) is 11.8 Å². The highest BCUT2D eigenvalue weighted by molar-refractivity contribution is 9.10. The Kier molecular flexibility index (Phi) is 20.0. The average Bonchev–Trinajstić information content (AvgIpc) is 3.34. The van der Waals surface area contributed by atoms with Crippen molar-refractivity contribution in [3.05, 3.63) is 118 Å². The largest absolute Gasteiger partial charge is 0.480 e. The van der Waals surface area contributed by atoms with Gasteiger partial charge in [0.2, 0.25) is 29.6 Å². The van der Waals surface area contributed by atoms with Crippen molar-refractivity contribution in [3.63, 3.8) is 0 Å². The van der Waals surface area contributed by atoms with Gasteiger partial charge in [0.15, 0.2) is 11.6 Å². The Morgan fingerprint density at radius 1 is 0.654 bits per heavy atom. The van der Waals surface area contributed by atoms with E-state index in [9.17, 15) is 28.8 Å². The second-order valence-electron chi connectivity index (χ2n) is 19.0. The van der Waals surface area contributed by atoms with Gasteiger partial charge in [0.05, 0.1) is 17.1 Å². The number of carbonyl (C=O) groups excluding carboxylic acids is 5. The first-order valence-corrected chi connectivity index (χ1v) is 27.4. The third-order valence-electron chi connectivity index (χ3n) is 13.6. The normalized spacial score (nSPS) is 18.5. The van der Waals surface area contributed by atoms with E-state index in [4.69, 9.17) is 16.6 Å². The molecule has 420 valence electrons. The van der Waals surface area contributed by atoms with E-state index in [0.29, 0.717) is 56.4 Å². The minimum Gasteiger partial charge on any atom is -0.480 e. The molecule has 0 spiro atoms. The molecule has 3 amide bonds. The molecular formula is C52H51Br2ClN16O7S3. The van der Waals surface area contributed by atoms with E-state index in [0.717, 1.165) is 45.6 Å². The van der Waals surface area contributed by atoms with Gasteiger partial charge in [-0.1, -0.05) is 24.3 Å². The number of carbonyl (C=O) groups is 6. The molecule has 23 nitrogen and oxygen atoms in total. The number of rotatable bonds is 12. The molecule has 0 unspecified atom stereocenters. The highest BCUT2D eigenvalue weighted by atomic mass is 79.9. The number of aliphatic carboxylic acids is 1. The summed E-state index contributed by atoms with van der Waals surface area (Å²) >= 11 is 13.9. The number of likely N-dealkylation sites (tertiary alicyclic amines) is 1. The van der Waals surface area contributed by atoms with Crippen LogP contribution in [0.3, 0.4) is 0 Å². The number of benzene rings is 2. The average molecular weight is 1300 g/mol. The summed E-state index contributed by atoms with van der Waals surface area (Å²) in [6.45, 7) is 2.44. The SMILES string of the molecule is CC(=O)c1nn(CC(=O)N2[C@@H]3C[C@@H]3C[C@H]2C(=O)Nc2cccc(Br)n2)c2ccc(-c3cnc(N)nc3)cc12.CC(=O)c1nn(CC(=O)O)c2ccc(-c3cnc(N)nc3)cc12.Cl.O=C(Nc1cccc(Br)n1)[C@@H]1C[C@H]2C[C@H]2N1.S.S=S. The first-order chi connectivity index (χ1) is 38.0. The van der Waals surface area contributed by atoms with Crippen molar-refractivity contribution in [1.82, 2.24) is 59.7 Å². The minimum absolute atomic E-state index is 0. The summed E-state index contributed by atoms with van der Waals surface area (Å²) in [5.74, 6) is 0.485. The number of piperidine rings is 2. The van der Waals surface area contributed by atoms with Crippen LogP contribution in [0.1, 0.15) is 60.5 Å². The Bertz CT molecular complexity index is 3680. The molecule has 2 saturated carbocycles. The number of anilines is 4. The van der Waals surface area contributed by atoms with Crippen molar-refractivity contribution in [2.75, 3.05) is 22.1 Å². The van der Waals surface area contributed by atoms with Crippen molar-refractivity contribution in [1.29, 1.82) is 0 Å². The molecule has 6 aromatic heterocycles. The second kappa shape index (κ2) is 26.5. The van der Waals surface area contributed by atoms with Gasteiger partial charge in [0.25, 0.3) is 0 Å². The molecule has 2 aliphatic heterocycles. The molecule has 81 heavy (non-hydrogen) atoms. The summed E-state index contributed by atoms with van der Waals surface area (Å²) in [4.78, 5) is 99.8. The molecule has 4 aliphatic rings. The fourth-order valence-corrected chi connectivity index (χ4v) is 10.4. The van der Waals surface area contributed by atoms with Crippen molar-refractivity contribution in [2.45, 2.75) is 76.8 Å². The maximum atomic E-state index is 13.6. The number of carboxylic acid groups (broad SMARTS) is 1. The number of hydrogen-bond donors (Lipinski definition) is 6. The van der Waals surface area contributed by atoms with Crippen LogP contribution < -0.4 is 27.4 Å². The highest BCUT2D eigenvalue weighted by Crippen LogP contribution is 2.48. The number of Topliss-reactive ketones (excluding diaryl/α,β-unsaturated/α-hetero) is 2. The van der Waals surface area contributed by atoms with Crippen LogP contribution in [0.25, 0.3) is 44.1 Å². The van der Waals surface area contributed by atoms with Crippen LogP contribution in [-0.4, -0.2) is 119 Å². The Morgan fingerprint density at radius 2 is 1.14 bits per heavy atom. The van der Waals surface area contributed by atoms with Crippen molar-refractivity contribution in [2.24, 2.45) is 11.8 Å². The Hall–Kier alpha value is -7.34. The molecule has 6 atom stereocenters. The number of aromatic nitrogens is 10. The number of halogens is 3. The zero-order valence-electron chi connectivity index (χ0n) is 42.9. The third-order valence-corrected chi connectivity index (χ3v) is 14.5. The van der Waals surface area contributed by atoms with Crippen LogP contribution in [0.5, 0.6) is 0 Å². The summed E-state index contributed by atoms with van der Waals surface area (Å²) in [6.07, 6.45) is 10.1. The first kappa shape index (κ1) is 61.3.